The number of unbranched alkanes of at least 4 members (excludes halogenated alkanes) is 1. The highest BCUT2D eigenvalue weighted by Crippen LogP contribution is 2.28. The highest BCUT2D eigenvalue weighted by atomic mass is 32.2. The second-order valence-electron chi connectivity index (χ2n) is 5.66. The fourth-order valence-corrected chi connectivity index (χ4v) is 4.46. The predicted octanol–water partition coefficient (Wildman–Crippen LogP) is 2.26. The fourth-order valence-electron chi connectivity index (χ4n) is 2.93. The molecule has 0 bridgehead atoms. The van der Waals surface area contributed by atoms with Crippen LogP contribution in [0.15, 0.2) is 0 Å². The molecule has 1 rings (SSSR count). The van der Waals surface area contributed by atoms with Gasteiger partial charge < -0.3 is 5.32 Å². The standard InChI is InChI=1S/C14H30N2O2S/c1-3-14(13-9-5-4-6-10-13)16-19(17,18)12-8-7-11-15-2/h13-16H,3-12H2,1-2H3. The summed E-state index contributed by atoms with van der Waals surface area (Å²) in [4.78, 5) is 0. The van der Waals surface area contributed by atoms with Gasteiger partial charge in [0.15, 0.2) is 0 Å². The van der Waals surface area contributed by atoms with Gasteiger partial charge in [0, 0.05) is 6.04 Å². The van der Waals surface area contributed by atoms with Gasteiger partial charge in [0.1, 0.15) is 0 Å². The molecular weight excluding hydrogens is 260 g/mol. The van der Waals surface area contributed by atoms with Gasteiger partial charge >= 0.3 is 0 Å². The van der Waals surface area contributed by atoms with Crippen molar-refractivity contribution in [1.29, 1.82) is 0 Å². The maximum atomic E-state index is 12.1. The number of rotatable bonds is 9. The van der Waals surface area contributed by atoms with Gasteiger partial charge in [0.2, 0.25) is 10.0 Å². The maximum absolute atomic E-state index is 12.1. The molecule has 114 valence electrons. The molecule has 2 N–H and O–H groups in total. The topological polar surface area (TPSA) is 58.2 Å². The van der Waals surface area contributed by atoms with Crippen LogP contribution in [0.4, 0.5) is 0 Å². The van der Waals surface area contributed by atoms with Crippen LogP contribution in [-0.2, 0) is 10.0 Å². The molecule has 1 saturated carbocycles. The minimum atomic E-state index is -3.10. The molecule has 1 fully saturated rings. The second-order valence-corrected chi connectivity index (χ2v) is 7.53. The molecule has 0 radical (unpaired) electrons. The number of sulfonamides is 1. The van der Waals surface area contributed by atoms with Crippen LogP contribution in [0.3, 0.4) is 0 Å². The van der Waals surface area contributed by atoms with E-state index >= 15 is 0 Å². The third kappa shape index (κ3) is 6.72. The highest BCUT2D eigenvalue weighted by molar-refractivity contribution is 7.89. The lowest BCUT2D eigenvalue weighted by atomic mass is 9.83. The number of nitrogens with one attached hydrogen (secondary N) is 2. The van der Waals surface area contributed by atoms with Crippen LogP contribution in [0, 0.1) is 5.92 Å². The van der Waals surface area contributed by atoms with Crippen LogP contribution in [0.1, 0.15) is 58.3 Å². The SMILES string of the molecule is CCC(NS(=O)(=O)CCCCNC)C1CCCCC1. The van der Waals surface area contributed by atoms with Crippen molar-refractivity contribution in [3.8, 4) is 0 Å². The van der Waals surface area contributed by atoms with E-state index < -0.39 is 10.0 Å². The first kappa shape index (κ1) is 16.9. The first-order valence-electron chi connectivity index (χ1n) is 7.73. The zero-order valence-corrected chi connectivity index (χ0v) is 13.3. The van der Waals surface area contributed by atoms with E-state index in [1.54, 1.807) is 0 Å². The first-order valence-corrected chi connectivity index (χ1v) is 9.39. The fraction of sp³-hybridized carbons (Fsp3) is 1.00. The van der Waals surface area contributed by atoms with Crippen LogP contribution in [-0.4, -0.2) is 33.8 Å². The average molecular weight is 290 g/mol. The van der Waals surface area contributed by atoms with Crippen molar-refractivity contribution in [2.45, 2.75) is 64.3 Å². The van der Waals surface area contributed by atoms with Gasteiger partial charge in [-0.1, -0.05) is 26.2 Å². The Hall–Kier alpha value is -0.130. The quantitative estimate of drug-likeness (QED) is 0.640. The van der Waals surface area contributed by atoms with Crippen molar-refractivity contribution in [3.05, 3.63) is 0 Å². The molecule has 5 heteroatoms. The molecule has 1 unspecified atom stereocenters. The Labute approximate surface area is 118 Å². The van der Waals surface area contributed by atoms with E-state index in [0.29, 0.717) is 5.92 Å². The molecule has 1 atom stereocenters. The van der Waals surface area contributed by atoms with E-state index in [4.69, 9.17) is 0 Å². The molecule has 0 amide bonds. The van der Waals surface area contributed by atoms with Gasteiger partial charge in [-0.15, -0.1) is 0 Å². The minimum Gasteiger partial charge on any atom is -0.320 e. The summed E-state index contributed by atoms with van der Waals surface area (Å²) < 4.78 is 27.1. The van der Waals surface area contributed by atoms with Crippen LogP contribution in [0.25, 0.3) is 0 Å². The monoisotopic (exact) mass is 290 g/mol. The lowest BCUT2D eigenvalue weighted by Crippen LogP contribution is -2.41. The summed E-state index contributed by atoms with van der Waals surface area (Å²) >= 11 is 0. The van der Waals surface area contributed by atoms with Crippen LogP contribution in [0.2, 0.25) is 0 Å². The normalized spacial score (nSPS) is 19.5. The molecular formula is C14H30N2O2S. The van der Waals surface area contributed by atoms with Crippen molar-refractivity contribution < 1.29 is 8.42 Å². The van der Waals surface area contributed by atoms with E-state index in [1.165, 1.54) is 32.1 Å². The Kier molecular flexibility index (Phi) is 7.95. The summed E-state index contributed by atoms with van der Waals surface area (Å²) in [7, 11) is -1.21. The van der Waals surface area contributed by atoms with Crippen LogP contribution in [0.5, 0.6) is 0 Å². The van der Waals surface area contributed by atoms with Gasteiger partial charge in [-0.2, -0.15) is 0 Å². The molecule has 0 saturated heterocycles. The van der Waals surface area contributed by atoms with Crippen molar-refractivity contribution in [1.82, 2.24) is 10.0 Å². The Balaban J connectivity index is 2.39. The number of hydrogen-bond donors (Lipinski definition) is 2. The van der Waals surface area contributed by atoms with E-state index in [0.717, 1.165) is 25.8 Å². The number of hydrogen-bond acceptors (Lipinski definition) is 3. The highest BCUT2D eigenvalue weighted by Gasteiger charge is 2.25. The molecule has 19 heavy (non-hydrogen) atoms. The van der Waals surface area contributed by atoms with E-state index in [-0.39, 0.29) is 11.8 Å². The lowest BCUT2D eigenvalue weighted by Gasteiger charge is -2.30. The van der Waals surface area contributed by atoms with E-state index in [9.17, 15) is 8.42 Å². The van der Waals surface area contributed by atoms with Crippen molar-refractivity contribution in [2.75, 3.05) is 19.3 Å². The van der Waals surface area contributed by atoms with Crippen LogP contribution < -0.4 is 10.0 Å². The van der Waals surface area contributed by atoms with Gasteiger partial charge in [-0.3, -0.25) is 0 Å². The molecule has 0 aromatic heterocycles. The smallest absolute Gasteiger partial charge is 0.211 e. The molecule has 0 aromatic rings. The third-order valence-electron chi connectivity index (χ3n) is 4.08. The first-order chi connectivity index (χ1) is 9.09. The van der Waals surface area contributed by atoms with Gasteiger partial charge in [-0.25, -0.2) is 13.1 Å². The Bertz CT molecular complexity index is 324. The summed E-state index contributed by atoms with van der Waals surface area (Å²) in [5.41, 5.74) is 0. The summed E-state index contributed by atoms with van der Waals surface area (Å²) in [6.45, 7) is 2.97. The Morgan fingerprint density at radius 1 is 1.16 bits per heavy atom. The minimum absolute atomic E-state index is 0.148. The summed E-state index contributed by atoms with van der Waals surface area (Å²) in [5, 5.41) is 3.04. The van der Waals surface area contributed by atoms with Crippen molar-refractivity contribution in [3.63, 3.8) is 0 Å². The summed E-state index contributed by atoms with van der Waals surface area (Å²) in [6, 6.07) is 0.148. The van der Waals surface area contributed by atoms with Crippen molar-refractivity contribution in [2.24, 2.45) is 5.92 Å². The lowest BCUT2D eigenvalue weighted by molar-refractivity contribution is 0.285. The van der Waals surface area contributed by atoms with E-state index in [1.807, 2.05) is 7.05 Å². The largest absolute Gasteiger partial charge is 0.320 e. The zero-order valence-electron chi connectivity index (χ0n) is 12.5. The van der Waals surface area contributed by atoms with E-state index in [2.05, 4.69) is 17.0 Å². The second kappa shape index (κ2) is 8.93. The Morgan fingerprint density at radius 2 is 1.84 bits per heavy atom. The van der Waals surface area contributed by atoms with Crippen LogP contribution >= 0.6 is 0 Å². The third-order valence-corrected chi connectivity index (χ3v) is 5.57. The summed E-state index contributed by atoms with van der Waals surface area (Å²) in [5.74, 6) is 0.809. The predicted molar refractivity (Wildman–Crippen MR) is 80.7 cm³/mol. The van der Waals surface area contributed by atoms with Gasteiger partial charge in [0.05, 0.1) is 5.75 Å². The van der Waals surface area contributed by atoms with Gasteiger partial charge in [0.25, 0.3) is 0 Å². The molecule has 0 heterocycles. The maximum Gasteiger partial charge on any atom is 0.211 e. The molecule has 0 aromatic carbocycles. The molecule has 4 nitrogen and oxygen atoms in total. The summed E-state index contributed by atoms with van der Waals surface area (Å²) in [6.07, 6.45) is 8.73. The molecule has 0 spiro atoms. The van der Waals surface area contributed by atoms with Crippen molar-refractivity contribution >= 4 is 10.0 Å². The Morgan fingerprint density at radius 3 is 2.42 bits per heavy atom. The zero-order chi connectivity index (χ0) is 14.1. The molecule has 1 aliphatic rings. The van der Waals surface area contributed by atoms with Gasteiger partial charge in [-0.05, 0) is 51.6 Å². The molecule has 1 aliphatic carbocycles. The molecule has 0 aliphatic heterocycles. The average Bonchev–Trinajstić information content (AvgIpc) is 2.42.